The zero-order valence-electron chi connectivity index (χ0n) is 11.5. The molecule has 0 bridgehead atoms. The third kappa shape index (κ3) is 2.02. The van der Waals surface area contributed by atoms with Crippen LogP contribution in [-0.4, -0.2) is 22.4 Å². The molecule has 100 valence electrons. The summed E-state index contributed by atoms with van der Waals surface area (Å²) in [4.78, 5) is 2.44. The highest BCUT2D eigenvalue weighted by Crippen LogP contribution is 2.37. The van der Waals surface area contributed by atoms with Crippen molar-refractivity contribution in [3.8, 4) is 0 Å². The Hall–Kier alpha value is -1.81. The van der Waals surface area contributed by atoms with Gasteiger partial charge in [-0.3, -0.25) is 4.68 Å². The van der Waals surface area contributed by atoms with Crippen LogP contribution in [0.5, 0.6) is 0 Å². The molecule has 0 radical (unpaired) electrons. The van der Waals surface area contributed by atoms with Gasteiger partial charge in [-0.15, -0.1) is 0 Å². The molecule has 0 aliphatic carbocycles. The minimum absolute atomic E-state index is 0.201. The third-order valence-corrected chi connectivity index (χ3v) is 3.93. The molecule has 1 aromatic heterocycles. The lowest BCUT2D eigenvalue weighted by Gasteiger charge is -2.33. The van der Waals surface area contributed by atoms with Crippen LogP contribution in [0.4, 0.5) is 5.69 Å². The largest absolute Gasteiger partial charge is 0.360 e. The topological polar surface area (TPSA) is 47.1 Å². The molecule has 2 unspecified atom stereocenters. The fraction of sp³-hybridized carbons (Fsp3) is 0.400. The van der Waals surface area contributed by atoms with Gasteiger partial charge < -0.3 is 10.6 Å². The summed E-state index contributed by atoms with van der Waals surface area (Å²) in [6, 6.07) is 9.29. The number of benzene rings is 1. The van der Waals surface area contributed by atoms with Crippen LogP contribution in [0.3, 0.4) is 0 Å². The Morgan fingerprint density at radius 1 is 1.42 bits per heavy atom. The fourth-order valence-electron chi connectivity index (χ4n) is 3.09. The number of fused-ring (bicyclic) bond motifs is 1. The Bertz CT molecular complexity index is 575. The molecule has 0 amide bonds. The van der Waals surface area contributed by atoms with Gasteiger partial charge in [0.15, 0.2) is 0 Å². The fourth-order valence-corrected chi connectivity index (χ4v) is 3.09. The molecule has 1 aromatic carbocycles. The van der Waals surface area contributed by atoms with Crippen LogP contribution in [0.2, 0.25) is 0 Å². The van der Waals surface area contributed by atoms with Crippen molar-refractivity contribution in [3.63, 3.8) is 0 Å². The van der Waals surface area contributed by atoms with Gasteiger partial charge >= 0.3 is 0 Å². The van der Waals surface area contributed by atoms with E-state index in [1.165, 1.54) is 16.8 Å². The molecule has 2 heterocycles. The number of nitrogens with zero attached hydrogens (tertiary/aromatic N) is 3. The minimum Gasteiger partial charge on any atom is -0.360 e. The van der Waals surface area contributed by atoms with Gasteiger partial charge in [0.2, 0.25) is 0 Å². The van der Waals surface area contributed by atoms with Gasteiger partial charge in [-0.1, -0.05) is 18.2 Å². The Morgan fingerprint density at radius 2 is 2.21 bits per heavy atom. The van der Waals surface area contributed by atoms with Gasteiger partial charge in [-0.2, -0.15) is 5.10 Å². The van der Waals surface area contributed by atoms with E-state index in [1.807, 2.05) is 17.9 Å². The monoisotopic (exact) mass is 256 g/mol. The maximum absolute atomic E-state index is 6.03. The van der Waals surface area contributed by atoms with Crippen molar-refractivity contribution < 1.29 is 0 Å². The predicted octanol–water partition coefficient (Wildman–Crippen LogP) is 1.87. The smallest absolute Gasteiger partial charge is 0.0698 e. The second-order valence-electron chi connectivity index (χ2n) is 5.29. The minimum atomic E-state index is 0.201. The molecular formula is C15H20N4. The Labute approximate surface area is 113 Å². The molecular weight excluding hydrogens is 236 g/mol. The van der Waals surface area contributed by atoms with Crippen molar-refractivity contribution in [1.82, 2.24) is 9.78 Å². The van der Waals surface area contributed by atoms with Gasteiger partial charge in [0.25, 0.3) is 0 Å². The SMILES string of the molecule is CC1Cc2ccccc2N1C(CN)c1cnn(C)c1. The Morgan fingerprint density at radius 3 is 2.89 bits per heavy atom. The van der Waals surface area contributed by atoms with Crippen LogP contribution in [-0.2, 0) is 13.5 Å². The third-order valence-electron chi connectivity index (χ3n) is 3.93. The maximum Gasteiger partial charge on any atom is 0.0698 e. The van der Waals surface area contributed by atoms with E-state index in [1.54, 1.807) is 0 Å². The zero-order valence-corrected chi connectivity index (χ0v) is 11.5. The highest BCUT2D eigenvalue weighted by atomic mass is 15.3. The lowest BCUT2D eigenvalue weighted by atomic mass is 10.1. The molecule has 4 heteroatoms. The van der Waals surface area contributed by atoms with Crippen LogP contribution in [0, 0.1) is 0 Å². The highest BCUT2D eigenvalue weighted by Gasteiger charge is 2.31. The molecule has 1 aliphatic heterocycles. The molecule has 2 N–H and O–H groups in total. The van der Waals surface area contributed by atoms with Crippen molar-refractivity contribution in [2.24, 2.45) is 12.8 Å². The Balaban J connectivity index is 2.00. The first-order valence-electron chi connectivity index (χ1n) is 6.75. The predicted molar refractivity (Wildman–Crippen MR) is 77.1 cm³/mol. The van der Waals surface area contributed by atoms with Crippen molar-refractivity contribution in [2.75, 3.05) is 11.4 Å². The molecule has 19 heavy (non-hydrogen) atoms. The van der Waals surface area contributed by atoms with Crippen molar-refractivity contribution in [1.29, 1.82) is 0 Å². The van der Waals surface area contributed by atoms with E-state index < -0.39 is 0 Å². The molecule has 4 nitrogen and oxygen atoms in total. The molecule has 0 saturated heterocycles. The van der Waals surface area contributed by atoms with Crippen molar-refractivity contribution >= 4 is 5.69 Å². The van der Waals surface area contributed by atoms with E-state index in [-0.39, 0.29) is 6.04 Å². The summed E-state index contributed by atoms with van der Waals surface area (Å²) >= 11 is 0. The highest BCUT2D eigenvalue weighted by molar-refractivity contribution is 5.60. The summed E-state index contributed by atoms with van der Waals surface area (Å²) in [5.41, 5.74) is 9.95. The number of aromatic nitrogens is 2. The number of para-hydroxylation sites is 1. The van der Waals surface area contributed by atoms with Gasteiger partial charge in [0.1, 0.15) is 0 Å². The van der Waals surface area contributed by atoms with Crippen LogP contribution < -0.4 is 10.6 Å². The molecule has 2 aromatic rings. The molecule has 1 aliphatic rings. The summed E-state index contributed by atoms with van der Waals surface area (Å²) in [6.45, 7) is 2.86. The van der Waals surface area contributed by atoms with Crippen molar-refractivity contribution in [3.05, 3.63) is 47.8 Å². The second-order valence-corrected chi connectivity index (χ2v) is 5.29. The summed E-state index contributed by atoms with van der Waals surface area (Å²) in [7, 11) is 1.94. The second kappa shape index (κ2) is 4.70. The summed E-state index contributed by atoms with van der Waals surface area (Å²) in [5.74, 6) is 0. The van der Waals surface area contributed by atoms with Crippen LogP contribution in [0.1, 0.15) is 24.1 Å². The normalized spacial score (nSPS) is 19.5. The molecule has 0 saturated carbocycles. The first-order chi connectivity index (χ1) is 9.20. The summed E-state index contributed by atoms with van der Waals surface area (Å²) < 4.78 is 1.84. The van der Waals surface area contributed by atoms with Gasteiger partial charge in [0, 0.05) is 37.1 Å². The van der Waals surface area contributed by atoms with E-state index in [4.69, 9.17) is 5.73 Å². The van der Waals surface area contributed by atoms with E-state index in [2.05, 4.69) is 47.4 Å². The van der Waals surface area contributed by atoms with E-state index in [0.717, 1.165) is 6.42 Å². The van der Waals surface area contributed by atoms with E-state index >= 15 is 0 Å². The van der Waals surface area contributed by atoms with E-state index in [0.29, 0.717) is 12.6 Å². The molecule has 0 spiro atoms. The number of hydrogen-bond acceptors (Lipinski definition) is 3. The summed E-state index contributed by atoms with van der Waals surface area (Å²) in [6.07, 6.45) is 5.07. The summed E-state index contributed by atoms with van der Waals surface area (Å²) in [5, 5.41) is 4.27. The molecule has 3 rings (SSSR count). The first kappa shape index (κ1) is 12.2. The van der Waals surface area contributed by atoms with Gasteiger partial charge in [0.05, 0.1) is 12.2 Å². The zero-order chi connectivity index (χ0) is 13.4. The van der Waals surface area contributed by atoms with Crippen LogP contribution >= 0.6 is 0 Å². The lowest BCUT2D eigenvalue weighted by molar-refractivity contribution is 0.568. The number of nitrogens with two attached hydrogens (primary N) is 1. The van der Waals surface area contributed by atoms with Crippen LogP contribution in [0.15, 0.2) is 36.7 Å². The molecule has 2 atom stereocenters. The average Bonchev–Trinajstić information content (AvgIpc) is 2.96. The van der Waals surface area contributed by atoms with Gasteiger partial charge in [-0.05, 0) is 25.0 Å². The number of rotatable bonds is 3. The quantitative estimate of drug-likeness (QED) is 0.912. The molecule has 0 fully saturated rings. The van der Waals surface area contributed by atoms with E-state index in [9.17, 15) is 0 Å². The van der Waals surface area contributed by atoms with Gasteiger partial charge in [-0.25, -0.2) is 0 Å². The first-order valence-corrected chi connectivity index (χ1v) is 6.75. The number of aryl methyl sites for hydroxylation is 1. The van der Waals surface area contributed by atoms with Crippen LogP contribution in [0.25, 0.3) is 0 Å². The average molecular weight is 256 g/mol. The maximum atomic E-state index is 6.03. The number of hydrogen-bond donors (Lipinski definition) is 1. The Kier molecular flexibility index (Phi) is 3.03. The lowest BCUT2D eigenvalue weighted by Crippen LogP contribution is -2.37. The number of anilines is 1. The standard InChI is InChI=1S/C15H20N4/c1-11-7-12-5-3-4-6-14(12)19(11)15(8-16)13-9-17-18(2)10-13/h3-6,9-11,15H,7-8,16H2,1-2H3. The van der Waals surface area contributed by atoms with Crippen molar-refractivity contribution in [2.45, 2.75) is 25.4 Å².